The van der Waals surface area contributed by atoms with Crippen molar-refractivity contribution in [2.75, 3.05) is 13.1 Å². The van der Waals surface area contributed by atoms with E-state index < -0.39 is 5.41 Å². The van der Waals surface area contributed by atoms with E-state index in [0.29, 0.717) is 18.7 Å². The van der Waals surface area contributed by atoms with E-state index in [0.717, 1.165) is 16.9 Å². The molecule has 0 saturated carbocycles. The zero-order valence-corrected chi connectivity index (χ0v) is 19.5. The minimum atomic E-state index is -1.19. The summed E-state index contributed by atoms with van der Waals surface area (Å²) in [6, 6.07) is 19.4. The van der Waals surface area contributed by atoms with Crippen LogP contribution in [-0.2, 0) is 26.3 Å². The molecule has 5 nitrogen and oxygen atoms in total. The number of amides is 3. The highest BCUT2D eigenvalue weighted by molar-refractivity contribution is 7.09. The molecule has 0 spiro atoms. The van der Waals surface area contributed by atoms with Crippen molar-refractivity contribution in [2.24, 2.45) is 0 Å². The molecule has 174 valence electrons. The van der Waals surface area contributed by atoms with Crippen LogP contribution < -0.4 is 0 Å². The Morgan fingerprint density at radius 1 is 1.03 bits per heavy atom. The first-order valence-corrected chi connectivity index (χ1v) is 12.3. The molecular weight excluding hydrogens is 451 g/mol. The summed E-state index contributed by atoms with van der Waals surface area (Å²) in [5.41, 5.74) is 0.508. The van der Waals surface area contributed by atoms with Gasteiger partial charge in [-0.1, -0.05) is 48.5 Å². The van der Waals surface area contributed by atoms with Gasteiger partial charge in [0.15, 0.2) is 0 Å². The normalized spacial score (nSPS) is 22.6. The molecule has 2 aromatic carbocycles. The van der Waals surface area contributed by atoms with E-state index in [1.165, 1.54) is 28.4 Å². The van der Waals surface area contributed by atoms with E-state index in [9.17, 15) is 18.8 Å². The molecule has 3 heterocycles. The first kappa shape index (κ1) is 22.5. The van der Waals surface area contributed by atoms with Crippen LogP contribution in [0.25, 0.3) is 0 Å². The summed E-state index contributed by atoms with van der Waals surface area (Å²) in [6.07, 6.45) is 0.730. The highest BCUT2D eigenvalue weighted by Crippen LogP contribution is 2.41. The molecule has 5 rings (SSSR count). The number of nitrogens with zero attached hydrogens (tertiary/aromatic N) is 2. The third-order valence-electron chi connectivity index (χ3n) is 6.96. The smallest absolute Gasteiger partial charge is 0.241 e. The van der Waals surface area contributed by atoms with Gasteiger partial charge in [0, 0.05) is 36.7 Å². The summed E-state index contributed by atoms with van der Waals surface area (Å²) in [5, 5.41) is 1.92. The monoisotopic (exact) mass is 476 g/mol. The Hall–Kier alpha value is -3.32. The number of carbonyl (C=O) groups is 3. The van der Waals surface area contributed by atoms with Crippen molar-refractivity contribution in [3.8, 4) is 0 Å². The molecule has 0 N–H and O–H groups in total. The number of hydrogen-bond donors (Lipinski definition) is 0. The predicted molar refractivity (Wildman–Crippen MR) is 128 cm³/mol. The Bertz CT molecular complexity index is 1200. The van der Waals surface area contributed by atoms with Gasteiger partial charge in [0.25, 0.3) is 0 Å². The third kappa shape index (κ3) is 4.16. The number of hydrogen-bond acceptors (Lipinski definition) is 4. The fraction of sp³-hybridized carbons (Fsp3) is 0.296. The van der Waals surface area contributed by atoms with Gasteiger partial charge in [-0.2, -0.15) is 0 Å². The molecule has 2 fully saturated rings. The lowest BCUT2D eigenvalue weighted by Crippen LogP contribution is -2.42. The van der Waals surface area contributed by atoms with Gasteiger partial charge in [-0.3, -0.25) is 19.3 Å². The van der Waals surface area contributed by atoms with E-state index in [1.807, 2.05) is 47.8 Å². The Balaban J connectivity index is 1.38. The zero-order valence-electron chi connectivity index (χ0n) is 18.7. The summed E-state index contributed by atoms with van der Waals surface area (Å²) >= 11 is 1.50. The molecule has 2 saturated heterocycles. The maximum Gasteiger partial charge on any atom is 0.241 e. The van der Waals surface area contributed by atoms with Crippen LogP contribution in [0.4, 0.5) is 4.39 Å². The minimum Gasteiger partial charge on any atom is -0.342 e. The van der Waals surface area contributed by atoms with Gasteiger partial charge in [-0.25, -0.2) is 4.39 Å². The molecule has 2 unspecified atom stereocenters. The number of rotatable bonds is 6. The van der Waals surface area contributed by atoms with E-state index in [1.54, 1.807) is 17.0 Å². The summed E-state index contributed by atoms with van der Waals surface area (Å²) in [7, 11) is 0. The van der Waals surface area contributed by atoms with Gasteiger partial charge in [-0.15, -0.1) is 11.3 Å². The Kier molecular flexibility index (Phi) is 6.04. The van der Waals surface area contributed by atoms with Crippen molar-refractivity contribution in [3.05, 3.63) is 93.9 Å². The van der Waals surface area contributed by atoms with Crippen LogP contribution in [0, 0.1) is 5.82 Å². The zero-order chi connectivity index (χ0) is 23.7. The molecule has 34 heavy (non-hydrogen) atoms. The van der Waals surface area contributed by atoms with Crippen LogP contribution >= 0.6 is 11.3 Å². The molecule has 7 heteroatoms. The number of benzene rings is 2. The maximum atomic E-state index is 13.7. The summed E-state index contributed by atoms with van der Waals surface area (Å²) < 4.78 is 13.3. The second-order valence-electron chi connectivity index (χ2n) is 9.04. The van der Waals surface area contributed by atoms with Crippen LogP contribution in [0.3, 0.4) is 0 Å². The van der Waals surface area contributed by atoms with Gasteiger partial charge in [-0.05, 0) is 41.1 Å². The molecule has 2 aliphatic rings. The topological polar surface area (TPSA) is 57.7 Å². The van der Waals surface area contributed by atoms with Crippen molar-refractivity contribution >= 4 is 29.1 Å². The van der Waals surface area contributed by atoms with Gasteiger partial charge < -0.3 is 4.90 Å². The standard InChI is InChI=1S/C27H25FN2O3S/c28-22-10-8-19(9-11-22)20-12-13-29(17-20)24(31)15-27(21-5-2-1-3-6-21)16-25(32)30(26(27)33)18-23-7-4-14-34-23/h1-11,14,20H,12-13,15-18H2. The Morgan fingerprint density at radius 3 is 2.50 bits per heavy atom. The first-order valence-electron chi connectivity index (χ1n) is 11.4. The molecule has 2 atom stereocenters. The third-order valence-corrected chi connectivity index (χ3v) is 7.83. The van der Waals surface area contributed by atoms with Crippen molar-refractivity contribution in [2.45, 2.75) is 37.1 Å². The number of imide groups is 1. The largest absolute Gasteiger partial charge is 0.342 e. The van der Waals surface area contributed by atoms with Crippen LogP contribution in [0.1, 0.15) is 41.2 Å². The van der Waals surface area contributed by atoms with E-state index in [4.69, 9.17) is 0 Å². The first-order chi connectivity index (χ1) is 16.5. The molecule has 1 aromatic heterocycles. The molecule has 3 amide bonds. The SMILES string of the molecule is O=C(CC1(c2ccccc2)CC(=O)N(Cc2cccs2)C1=O)N1CCC(c2ccc(F)cc2)C1. The molecule has 0 bridgehead atoms. The summed E-state index contributed by atoms with van der Waals surface area (Å²) in [5.74, 6) is -0.836. The molecular formula is C27H25FN2O3S. The average Bonchev–Trinajstić information content (AvgIpc) is 3.59. The summed E-state index contributed by atoms with van der Waals surface area (Å²) in [4.78, 5) is 44.2. The fourth-order valence-electron chi connectivity index (χ4n) is 5.11. The van der Waals surface area contributed by atoms with Crippen LogP contribution in [0.15, 0.2) is 72.1 Å². The van der Waals surface area contributed by atoms with Crippen LogP contribution in [0.2, 0.25) is 0 Å². The lowest BCUT2D eigenvalue weighted by molar-refractivity contribution is -0.143. The number of likely N-dealkylation sites (tertiary alicyclic amines) is 2. The quantitative estimate of drug-likeness (QED) is 0.493. The second kappa shape index (κ2) is 9.14. The van der Waals surface area contributed by atoms with E-state index >= 15 is 0 Å². The number of thiophene rings is 1. The lowest BCUT2D eigenvalue weighted by atomic mass is 9.75. The highest BCUT2D eigenvalue weighted by Gasteiger charge is 2.54. The Morgan fingerprint density at radius 2 is 1.79 bits per heavy atom. The van der Waals surface area contributed by atoms with Crippen molar-refractivity contribution < 1.29 is 18.8 Å². The van der Waals surface area contributed by atoms with Gasteiger partial charge in [0.2, 0.25) is 17.7 Å². The highest BCUT2D eigenvalue weighted by atomic mass is 32.1. The molecule has 3 aromatic rings. The average molecular weight is 477 g/mol. The van der Waals surface area contributed by atoms with Gasteiger partial charge in [0.1, 0.15) is 5.82 Å². The van der Waals surface area contributed by atoms with Crippen molar-refractivity contribution in [3.63, 3.8) is 0 Å². The van der Waals surface area contributed by atoms with E-state index in [2.05, 4.69) is 0 Å². The van der Waals surface area contributed by atoms with Gasteiger partial charge in [0.05, 0.1) is 12.0 Å². The van der Waals surface area contributed by atoms with Crippen LogP contribution in [0.5, 0.6) is 0 Å². The van der Waals surface area contributed by atoms with E-state index in [-0.39, 0.29) is 48.8 Å². The number of halogens is 1. The van der Waals surface area contributed by atoms with Crippen molar-refractivity contribution in [1.29, 1.82) is 0 Å². The fourth-order valence-corrected chi connectivity index (χ4v) is 5.80. The molecule has 0 aliphatic carbocycles. The van der Waals surface area contributed by atoms with Crippen molar-refractivity contribution in [1.82, 2.24) is 9.80 Å². The lowest BCUT2D eigenvalue weighted by Gasteiger charge is -2.29. The maximum absolute atomic E-state index is 13.7. The number of carbonyl (C=O) groups excluding carboxylic acids is 3. The predicted octanol–water partition coefficient (Wildman–Crippen LogP) is 4.49. The van der Waals surface area contributed by atoms with Crippen LogP contribution in [-0.4, -0.2) is 40.6 Å². The second-order valence-corrected chi connectivity index (χ2v) is 10.1. The Labute approximate surface area is 201 Å². The summed E-state index contributed by atoms with van der Waals surface area (Å²) in [6.45, 7) is 1.33. The molecule has 2 aliphatic heterocycles. The molecule has 0 radical (unpaired) electrons. The van der Waals surface area contributed by atoms with Gasteiger partial charge >= 0.3 is 0 Å². The minimum absolute atomic E-state index is 0.0117.